The van der Waals surface area contributed by atoms with Crippen LogP contribution in [-0.2, 0) is 13.1 Å². The molecule has 0 aliphatic heterocycles. The second-order valence-electron chi connectivity index (χ2n) is 6.65. The summed E-state index contributed by atoms with van der Waals surface area (Å²) in [6.45, 7) is 7.60. The lowest BCUT2D eigenvalue weighted by Gasteiger charge is -2.12. The van der Waals surface area contributed by atoms with E-state index in [-0.39, 0.29) is 29.7 Å². The molecule has 0 aliphatic rings. The summed E-state index contributed by atoms with van der Waals surface area (Å²) in [7, 11) is 0. The number of nitrogens with zero attached hydrogens (tertiary/aromatic N) is 3. The molecule has 0 fully saturated rings. The first-order chi connectivity index (χ1) is 14.0. The molecule has 0 unspecified atom stereocenters. The van der Waals surface area contributed by atoms with Gasteiger partial charge in [-0.25, -0.2) is 9.67 Å². The zero-order valence-corrected chi connectivity index (χ0v) is 19.6. The van der Waals surface area contributed by atoms with E-state index in [1.165, 1.54) is 0 Å². The molecule has 8 nitrogen and oxygen atoms in total. The topological polar surface area (TPSA) is 110 Å². The summed E-state index contributed by atoms with van der Waals surface area (Å²) >= 11 is 0. The van der Waals surface area contributed by atoms with Gasteiger partial charge in [-0.15, -0.1) is 24.0 Å². The van der Waals surface area contributed by atoms with Crippen molar-refractivity contribution in [1.82, 2.24) is 20.4 Å². The molecule has 0 saturated heterocycles. The first kappa shape index (κ1) is 23.5. The minimum Gasteiger partial charge on any atom is -0.454 e. The van der Waals surface area contributed by atoms with Crippen molar-refractivity contribution in [3.63, 3.8) is 0 Å². The molecule has 9 heteroatoms. The Hall–Kier alpha value is -2.82. The number of primary amides is 1. The van der Waals surface area contributed by atoms with Crippen LogP contribution in [0.3, 0.4) is 0 Å². The number of aryl methyl sites for hydroxylation is 2. The van der Waals surface area contributed by atoms with Crippen molar-refractivity contribution < 1.29 is 9.21 Å². The smallest absolute Gasteiger partial charge is 0.284 e. The molecule has 160 valence electrons. The van der Waals surface area contributed by atoms with Crippen LogP contribution in [0.25, 0.3) is 5.69 Å². The van der Waals surface area contributed by atoms with Gasteiger partial charge in [-0.1, -0.05) is 18.2 Å². The van der Waals surface area contributed by atoms with Crippen molar-refractivity contribution in [2.75, 3.05) is 6.54 Å². The SMILES string of the molecule is CCNC(=NCc1ccccc1-n1nc(C)cc1C)NCc1ccc(C(N)=O)o1.I. The van der Waals surface area contributed by atoms with Gasteiger partial charge in [0, 0.05) is 12.2 Å². The summed E-state index contributed by atoms with van der Waals surface area (Å²) in [6.07, 6.45) is 0. The molecule has 4 N–H and O–H groups in total. The number of amides is 1. The number of benzene rings is 1. The molecule has 0 bridgehead atoms. The second kappa shape index (κ2) is 10.8. The first-order valence-corrected chi connectivity index (χ1v) is 9.50. The number of aliphatic imine (C=N–C) groups is 1. The van der Waals surface area contributed by atoms with Crippen molar-refractivity contribution in [1.29, 1.82) is 0 Å². The summed E-state index contributed by atoms with van der Waals surface area (Å²) in [5, 5.41) is 11.0. The Bertz CT molecular complexity index is 1020. The van der Waals surface area contributed by atoms with E-state index in [9.17, 15) is 4.79 Å². The van der Waals surface area contributed by atoms with Crippen LogP contribution in [0.5, 0.6) is 0 Å². The maximum atomic E-state index is 11.2. The monoisotopic (exact) mass is 522 g/mol. The van der Waals surface area contributed by atoms with E-state index < -0.39 is 5.91 Å². The van der Waals surface area contributed by atoms with Gasteiger partial charge in [0.2, 0.25) is 0 Å². The van der Waals surface area contributed by atoms with Crippen LogP contribution in [0.15, 0.2) is 51.9 Å². The summed E-state index contributed by atoms with van der Waals surface area (Å²) in [4.78, 5) is 15.8. The lowest BCUT2D eigenvalue weighted by molar-refractivity contribution is 0.0972. The number of para-hydroxylation sites is 1. The molecule has 0 spiro atoms. The van der Waals surface area contributed by atoms with Gasteiger partial charge in [-0.3, -0.25) is 4.79 Å². The number of furan rings is 1. The van der Waals surface area contributed by atoms with Gasteiger partial charge < -0.3 is 20.8 Å². The van der Waals surface area contributed by atoms with Gasteiger partial charge >= 0.3 is 0 Å². The molecular weight excluding hydrogens is 495 g/mol. The Labute approximate surface area is 193 Å². The number of aromatic nitrogens is 2. The molecule has 0 radical (unpaired) electrons. The van der Waals surface area contributed by atoms with E-state index in [2.05, 4.69) is 26.8 Å². The maximum absolute atomic E-state index is 11.2. The molecule has 3 aromatic rings. The summed E-state index contributed by atoms with van der Waals surface area (Å²) in [6, 6.07) is 13.4. The van der Waals surface area contributed by atoms with E-state index in [1.54, 1.807) is 12.1 Å². The fraction of sp³-hybridized carbons (Fsp3) is 0.286. The van der Waals surface area contributed by atoms with E-state index in [1.807, 2.05) is 49.7 Å². The van der Waals surface area contributed by atoms with Gasteiger partial charge in [0.05, 0.1) is 24.5 Å². The van der Waals surface area contributed by atoms with Crippen molar-refractivity contribution in [3.05, 3.63) is 70.9 Å². The van der Waals surface area contributed by atoms with Crippen LogP contribution in [-0.4, -0.2) is 28.2 Å². The number of hydrogen-bond donors (Lipinski definition) is 3. The fourth-order valence-electron chi connectivity index (χ4n) is 3.01. The van der Waals surface area contributed by atoms with Gasteiger partial charge in [0.15, 0.2) is 11.7 Å². The van der Waals surface area contributed by atoms with Crippen LogP contribution in [0, 0.1) is 13.8 Å². The van der Waals surface area contributed by atoms with Crippen LogP contribution < -0.4 is 16.4 Å². The van der Waals surface area contributed by atoms with E-state index in [4.69, 9.17) is 10.2 Å². The fourth-order valence-corrected chi connectivity index (χ4v) is 3.01. The zero-order chi connectivity index (χ0) is 20.8. The molecule has 3 rings (SSSR count). The molecule has 0 atom stereocenters. The minimum absolute atomic E-state index is 0. The number of hydrogen-bond acceptors (Lipinski definition) is 4. The number of carbonyl (C=O) groups excluding carboxylic acids is 1. The Morgan fingerprint density at radius 3 is 2.60 bits per heavy atom. The Balaban J connectivity index is 0.00000320. The van der Waals surface area contributed by atoms with Gasteiger partial charge in [-0.05, 0) is 50.6 Å². The molecule has 0 saturated carbocycles. The number of rotatable bonds is 7. The normalized spacial score (nSPS) is 11.1. The number of nitrogens with two attached hydrogens (primary N) is 1. The molecular formula is C21H27IN6O2. The third kappa shape index (κ3) is 5.85. The second-order valence-corrected chi connectivity index (χ2v) is 6.65. The lowest BCUT2D eigenvalue weighted by atomic mass is 10.2. The predicted molar refractivity (Wildman–Crippen MR) is 127 cm³/mol. The van der Waals surface area contributed by atoms with Gasteiger partial charge in [-0.2, -0.15) is 5.10 Å². The van der Waals surface area contributed by atoms with Crippen LogP contribution in [0.4, 0.5) is 0 Å². The van der Waals surface area contributed by atoms with Crippen molar-refractivity contribution in [3.8, 4) is 5.69 Å². The Morgan fingerprint density at radius 2 is 1.97 bits per heavy atom. The Kier molecular flexibility index (Phi) is 8.46. The highest BCUT2D eigenvalue weighted by atomic mass is 127. The largest absolute Gasteiger partial charge is 0.454 e. The maximum Gasteiger partial charge on any atom is 0.284 e. The quantitative estimate of drug-likeness (QED) is 0.251. The summed E-state index contributed by atoms with van der Waals surface area (Å²) in [5.74, 6) is 0.806. The molecule has 2 heterocycles. The average molecular weight is 522 g/mol. The van der Waals surface area contributed by atoms with E-state index in [0.717, 1.165) is 29.2 Å². The third-order valence-electron chi connectivity index (χ3n) is 4.32. The third-order valence-corrected chi connectivity index (χ3v) is 4.32. The predicted octanol–water partition coefficient (Wildman–Crippen LogP) is 3.05. The van der Waals surface area contributed by atoms with Crippen LogP contribution in [0.1, 0.15) is 40.2 Å². The highest BCUT2D eigenvalue weighted by Crippen LogP contribution is 2.17. The lowest BCUT2D eigenvalue weighted by Crippen LogP contribution is -2.36. The van der Waals surface area contributed by atoms with Gasteiger partial charge in [0.25, 0.3) is 5.91 Å². The number of halogens is 1. The minimum atomic E-state index is -0.586. The summed E-state index contributed by atoms with van der Waals surface area (Å²) < 4.78 is 7.34. The highest BCUT2D eigenvalue weighted by molar-refractivity contribution is 14.0. The average Bonchev–Trinajstić information content (AvgIpc) is 3.30. The molecule has 1 aromatic carbocycles. The molecule has 2 aromatic heterocycles. The molecule has 0 aliphatic carbocycles. The van der Waals surface area contributed by atoms with E-state index >= 15 is 0 Å². The highest BCUT2D eigenvalue weighted by Gasteiger charge is 2.10. The first-order valence-electron chi connectivity index (χ1n) is 9.50. The van der Waals surface area contributed by atoms with Crippen LogP contribution in [0.2, 0.25) is 0 Å². The Morgan fingerprint density at radius 1 is 1.20 bits per heavy atom. The number of guanidine groups is 1. The van der Waals surface area contributed by atoms with Crippen molar-refractivity contribution in [2.45, 2.75) is 33.9 Å². The molecule has 1 amide bonds. The van der Waals surface area contributed by atoms with E-state index in [0.29, 0.717) is 24.8 Å². The van der Waals surface area contributed by atoms with Crippen molar-refractivity contribution >= 4 is 35.8 Å². The summed E-state index contributed by atoms with van der Waals surface area (Å²) in [5.41, 5.74) is 9.34. The number of nitrogens with one attached hydrogen (secondary N) is 2. The van der Waals surface area contributed by atoms with Crippen LogP contribution >= 0.6 is 24.0 Å². The van der Waals surface area contributed by atoms with Gasteiger partial charge in [0.1, 0.15) is 5.76 Å². The standard InChI is InChI=1S/C21H26N6O2.HI/c1-4-23-21(25-13-17-9-10-19(29-17)20(22)28)24-12-16-7-5-6-8-18(16)27-15(3)11-14(2)26-27;/h5-11H,4,12-13H2,1-3H3,(H2,22,28)(H2,23,24,25);1H. The zero-order valence-electron chi connectivity index (χ0n) is 17.3. The molecule has 30 heavy (non-hydrogen) atoms. The van der Waals surface area contributed by atoms with Crippen molar-refractivity contribution in [2.24, 2.45) is 10.7 Å². The number of carbonyl (C=O) groups is 1.